The van der Waals surface area contributed by atoms with Crippen molar-refractivity contribution in [1.82, 2.24) is 0 Å². The van der Waals surface area contributed by atoms with Crippen molar-refractivity contribution >= 4 is 16.6 Å². The molecule has 2 saturated heterocycles. The van der Waals surface area contributed by atoms with Gasteiger partial charge in [0, 0.05) is 12.3 Å². The number of hydrogen-bond donors (Lipinski definition) is 0. The van der Waals surface area contributed by atoms with Crippen molar-refractivity contribution < 1.29 is 13.6 Å². The van der Waals surface area contributed by atoms with Gasteiger partial charge in [-0.2, -0.15) is 0 Å². The SMILES string of the molecule is CC1=C2[C@@H](CC1)[C@]1(C)O[C@@](C(C)C)(C[C@H]1O[Si](C)(C)C(C)(C)C)[C@@H]2O[Si](C)(C)C(C)(C)C. The maximum absolute atomic E-state index is 7.32. The molecule has 5 atom stereocenters. The molecule has 0 saturated carbocycles. The topological polar surface area (TPSA) is 27.7 Å². The number of fused-ring (bicyclic) bond motifs is 4. The second-order valence-electron chi connectivity index (χ2n) is 14.6. The maximum Gasteiger partial charge on any atom is 0.193 e. The van der Waals surface area contributed by atoms with Gasteiger partial charge in [-0.15, -0.1) is 0 Å². The van der Waals surface area contributed by atoms with Gasteiger partial charge in [0.2, 0.25) is 0 Å². The van der Waals surface area contributed by atoms with E-state index in [1.54, 1.807) is 11.1 Å². The van der Waals surface area contributed by atoms with E-state index < -0.39 is 16.6 Å². The summed E-state index contributed by atoms with van der Waals surface area (Å²) in [5.41, 5.74) is 2.54. The van der Waals surface area contributed by atoms with E-state index in [-0.39, 0.29) is 33.5 Å². The molecule has 0 aromatic rings. The van der Waals surface area contributed by atoms with Crippen LogP contribution in [0.5, 0.6) is 0 Å². The van der Waals surface area contributed by atoms with Crippen LogP contribution in [-0.4, -0.2) is 40.0 Å². The van der Waals surface area contributed by atoms with Gasteiger partial charge in [-0.3, -0.25) is 0 Å². The van der Waals surface area contributed by atoms with Crippen molar-refractivity contribution in [2.45, 2.75) is 148 Å². The molecule has 2 aliphatic heterocycles. The maximum atomic E-state index is 7.32. The van der Waals surface area contributed by atoms with E-state index in [0.29, 0.717) is 11.8 Å². The Labute approximate surface area is 201 Å². The van der Waals surface area contributed by atoms with Gasteiger partial charge in [-0.1, -0.05) is 61.0 Å². The predicted octanol–water partition coefficient (Wildman–Crippen LogP) is 8.08. The van der Waals surface area contributed by atoms with Crippen LogP contribution in [0, 0.1) is 11.8 Å². The van der Waals surface area contributed by atoms with Gasteiger partial charge < -0.3 is 13.6 Å². The predicted molar refractivity (Wildman–Crippen MR) is 141 cm³/mol. The second-order valence-corrected chi connectivity index (χ2v) is 24.1. The molecule has 3 nitrogen and oxygen atoms in total. The highest BCUT2D eigenvalue weighted by atomic mass is 28.4. The van der Waals surface area contributed by atoms with Gasteiger partial charge in [-0.05, 0) is 74.4 Å². The quantitative estimate of drug-likeness (QED) is 0.294. The van der Waals surface area contributed by atoms with E-state index in [4.69, 9.17) is 13.6 Å². The van der Waals surface area contributed by atoms with E-state index in [1.807, 2.05) is 0 Å². The first-order chi connectivity index (χ1) is 14.2. The zero-order chi connectivity index (χ0) is 24.7. The smallest absolute Gasteiger partial charge is 0.193 e. The molecule has 186 valence electrons. The zero-order valence-electron chi connectivity index (χ0n) is 23.7. The molecule has 0 aromatic carbocycles. The average molecular weight is 481 g/mol. The van der Waals surface area contributed by atoms with E-state index in [2.05, 4.69) is 95.4 Å². The molecular weight excluding hydrogens is 428 g/mol. The lowest BCUT2D eigenvalue weighted by atomic mass is 9.74. The highest BCUT2D eigenvalue weighted by Crippen LogP contribution is 2.63. The largest absolute Gasteiger partial charge is 0.411 e. The van der Waals surface area contributed by atoms with Crippen molar-refractivity contribution in [2.75, 3.05) is 0 Å². The van der Waals surface area contributed by atoms with Crippen LogP contribution in [0.1, 0.15) is 88.5 Å². The summed E-state index contributed by atoms with van der Waals surface area (Å²) in [6.45, 7) is 33.0. The van der Waals surface area contributed by atoms with E-state index in [9.17, 15) is 0 Å². The van der Waals surface area contributed by atoms with Crippen molar-refractivity contribution in [2.24, 2.45) is 11.8 Å². The lowest BCUT2D eigenvalue weighted by Crippen LogP contribution is -2.61. The van der Waals surface area contributed by atoms with Gasteiger partial charge in [0.05, 0.1) is 17.8 Å². The van der Waals surface area contributed by atoms with E-state index in [1.165, 1.54) is 6.42 Å². The van der Waals surface area contributed by atoms with Gasteiger partial charge >= 0.3 is 0 Å². The molecule has 0 aromatic heterocycles. The number of hydrogen-bond acceptors (Lipinski definition) is 3. The van der Waals surface area contributed by atoms with Crippen LogP contribution < -0.4 is 0 Å². The number of ether oxygens (including phenoxy) is 1. The minimum atomic E-state index is -1.98. The summed E-state index contributed by atoms with van der Waals surface area (Å²) in [5, 5.41) is 0.358. The minimum absolute atomic E-state index is 0.0528. The van der Waals surface area contributed by atoms with Gasteiger partial charge in [0.1, 0.15) is 5.60 Å². The highest BCUT2D eigenvalue weighted by Gasteiger charge is 2.69. The Morgan fingerprint density at radius 1 is 0.938 bits per heavy atom. The van der Waals surface area contributed by atoms with Gasteiger partial charge in [0.25, 0.3) is 0 Å². The molecule has 2 bridgehead atoms. The van der Waals surface area contributed by atoms with Crippen molar-refractivity contribution in [3.05, 3.63) is 11.1 Å². The van der Waals surface area contributed by atoms with Crippen molar-refractivity contribution in [1.29, 1.82) is 0 Å². The fourth-order valence-corrected chi connectivity index (χ4v) is 8.32. The van der Waals surface area contributed by atoms with Crippen molar-refractivity contribution in [3.8, 4) is 0 Å². The first kappa shape index (κ1) is 26.7. The Hall–Kier alpha value is 0.0538. The summed E-state index contributed by atoms with van der Waals surface area (Å²) in [5.74, 6) is 0.771. The van der Waals surface area contributed by atoms with Gasteiger partial charge in [0.15, 0.2) is 16.6 Å². The average Bonchev–Trinajstić information content (AvgIpc) is 3.08. The molecule has 3 aliphatic rings. The molecular formula is C27H52O3Si2. The molecule has 5 heteroatoms. The van der Waals surface area contributed by atoms with E-state index in [0.717, 1.165) is 12.8 Å². The third kappa shape index (κ3) is 3.96. The fourth-order valence-electron chi connectivity index (χ4n) is 5.67. The normalized spacial score (nSPS) is 36.3. The van der Waals surface area contributed by atoms with Crippen LogP contribution in [0.4, 0.5) is 0 Å². The molecule has 3 rings (SSSR count). The number of rotatable bonds is 5. The minimum Gasteiger partial charge on any atom is -0.411 e. The fraction of sp³-hybridized carbons (Fsp3) is 0.926. The van der Waals surface area contributed by atoms with Crippen LogP contribution in [0.3, 0.4) is 0 Å². The van der Waals surface area contributed by atoms with E-state index >= 15 is 0 Å². The molecule has 32 heavy (non-hydrogen) atoms. The van der Waals surface area contributed by atoms with Crippen LogP contribution in [0.15, 0.2) is 11.1 Å². The molecule has 2 heterocycles. The first-order valence-corrected chi connectivity index (χ1v) is 18.8. The Morgan fingerprint density at radius 2 is 1.44 bits per heavy atom. The highest BCUT2D eigenvalue weighted by molar-refractivity contribution is 6.74. The van der Waals surface area contributed by atoms with Crippen LogP contribution in [-0.2, 0) is 13.6 Å². The monoisotopic (exact) mass is 480 g/mol. The molecule has 0 radical (unpaired) electrons. The Bertz CT molecular complexity index is 771. The summed E-state index contributed by atoms with van der Waals surface area (Å²) in [6, 6.07) is 0. The van der Waals surface area contributed by atoms with Crippen LogP contribution in [0.2, 0.25) is 36.3 Å². The second kappa shape index (κ2) is 7.78. The standard InChI is InChI=1S/C27H52O3Si2/c1-18(2)27-17-21(28-31(11,12)24(4,5)6)26(10,30-27)20-16-15-19(3)22(20)23(27)29-32(13,14)25(7,8)9/h18,20-21,23H,15-17H2,1-14H3/t20-,21-,23-,26+,27-/m1/s1. The summed E-state index contributed by atoms with van der Waals surface area (Å²) in [7, 11) is -3.92. The molecule has 2 fully saturated rings. The summed E-state index contributed by atoms with van der Waals surface area (Å²) in [6.07, 6.45) is 3.46. The summed E-state index contributed by atoms with van der Waals surface area (Å²) < 4.78 is 21.8. The third-order valence-corrected chi connectivity index (χ3v) is 19.0. The number of allylic oxidation sites excluding steroid dienone is 1. The Kier molecular flexibility index (Phi) is 6.48. The van der Waals surface area contributed by atoms with Crippen LogP contribution in [0.25, 0.3) is 0 Å². The molecule has 0 N–H and O–H groups in total. The third-order valence-electron chi connectivity index (χ3n) is 10.1. The zero-order valence-corrected chi connectivity index (χ0v) is 25.7. The van der Waals surface area contributed by atoms with Crippen LogP contribution >= 0.6 is 0 Å². The lowest BCUT2D eigenvalue weighted by molar-refractivity contribution is -0.207. The Morgan fingerprint density at radius 3 is 1.91 bits per heavy atom. The molecule has 0 spiro atoms. The molecule has 0 unspecified atom stereocenters. The Balaban J connectivity index is 2.12. The molecule has 1 aliphatic carbocycles. The lowest BCUT2D eigenvalue weighted by Gasteiger charge is -2.54. The van der Waals surface area contributed by atoms with Gasteiger partial charge in [-0.25, -0.2) is 0 Å². The first-order valence-electron chi connectivity index (χ1n) is 12.9. The van der Waals surface area contributed by atoms with Crippen molar-refractivity contribution in [3.63, 3.8) is 0 Å². The molecule has 0 amide bonds. The summed E-state index contributed by atoms with van der Waals surface area (Å²) in [4.78, 5) is 0. The summed E-state index contributed by atoms with van der Waals surface area (Å²) >= 11 is 0.